The van der Waals surface area contributed by atoms with E-state index >= 15 is 0 Å². The summed E-state index contributed by atoms with van der Waals surface area (Å²) in [7, 11) is 0. The number of rotatable bonds is 16. The van der Waals surface area contributed by atoms with E-state index in [9.17, 15) is 19.8 Å². The van der Waals surface area contributed by atoms with Gasteiger partial charge >= 0.3 is 0 Å². The fraction of sp³-hybridized carbons (Fsp3) is 0.769. The summed E-state index contributed by atoms with van der Waals surface area (Å²) in [4.78, 5) is 34.3. The summed E-state index contributed by atoms with van der Waals surface area (Å²) in [5.74, 6) is -0.618. The topological polar surface area (TPSA) is 145 Å². The number of aromatic nitrogens is 4. The first-order valence-corrected chi connectivity index (χ1v) is 14.3. The van der Waals surface area contributed by atoms with Gasteiger partial charge in [0.15, 0.2) is 16.3 Å². The van der Waals surface area contributed by atoms with Gasteiger partial charge in [-0.3, -0.25) is 14.2 Å². The van der Waals surface area contributed by atoms with E-state index in [0.29, 0.717) is 6.42 Å². The predicted octanol–water partition coefficient (Wildman–Crippen LogP) is 4.23. The van der Waals surface area contributed by atoms with Crippen LogP contribution in [0.1, 0.15) is 114 Å². The van der Waals surface area contributed by atoms with Crippen LogP contribution < -0.4 is 11.3 Å². The molecule has 208 valence electrons. The molecule has 0 unspecified atom stereocenters. The van der Waals surface area contributed by atoms with Gasteiger partial charge in [0.2, 0.25) is 11.9 Å². The number of hydrogen-bond acceptors (Lipinski definition) is 9. The molecule has 1 saturated heterocycles. The highest BCUT2D eigenvalue weighted by Crippen LogP contribution is 2.32. The molecule has 1 fully saturated rings. The Kier molecular flexibility index (Phi) is 11.9. The number of aliphatic hydroxyl groups is 2. The summed E-state index contributed by atoms with van der Waals surface area (Å²) in [6.07, 6.45) is 13.7. The first-order chi connectivity index (χ1) is 17.9. The van der Waals surface area contributed by atoms with Gasteiger partial charge in [0.1, 0.15) is 12.3 Å². The van der Waals surface area contributed by atoms with Gasteiger partial charge in [-0.1, -0.05) is 84.0 Å². The molecule has 10 nitrogen and oxygen atoms in total. The highest BCUT2D eigenvalue weighted by Gasteiger charge is 2.37. The molecule has 4 N–H and O–H groups in total. The SMILES string of the molecule is CCCCCCCCCCCCCCCC(=O)n1c(N)nc2c(nc(S)n2[C@H]2C[C@H](O)[C@@H](CO)O2)c1=O. The zero-order valence-electron chi connectivity index (χ0n) is 22.0. The van der Waals surface area contributed by atoms with E-state index in [4.69, 9.17) is 10.5 Å². The maximum atomic E-state index is 13.1. The number of unbranched alkanes of at least 4 members (excludes halogenated alkanes) is 12. The summed E-state index contributed by atoms with van der Waals surface area (Å²) in [5, 5.41) is 19.6. The van der Waals surface area contributed by atoms with E-state index in [-0.39, 0.29) is 41.7 Å². The van der Waals surface area contributed by atoms with E-state index in [1.807, 2.05) is 0 Å². The van der Waals surface area contributed by atoms with Gasteiger partial charge in [0, 0.05) is 12.8 Å². The second-order valence-corrected chi connectivity index (χ2v) is 10.5. The van der Waals surface area contributed by atoms with Crippen LogP contribution in [0, 0.1) is 0 Å². The molecule has 0 amide bonds. The Hall–Kier alpha value is -1.95. The Labute approximate surface area is 224 Å². The number of nitrogen functional groups attached to an aromatic ring is 1. The van der Waals surface area contributed by atoms with Crippen LogP contribution in [-0.4, -0.2) is 54.0 Å². The zero-order chi connectivity index (χ0) is 26.8. The number of nitrogens with two attached hydrogens (primary N) is 1. The molecular weight excluding hydrogens is 494 g/mol. The Morgan fingerprint density at radius 1 is 1.03 bits per heavy atom. The number of imidazole rings is 1. The third-order valence-electron chi connectivity index (χ3n) is 7.14. The van der Waals surface area contributed by atoms with Crippen LogP contribution in [-0.2, 0) is 4.74 Å². The van der Waals surface area contributed by atoms with Gasteiger partial charge in [-0.25, -0.2) is 9.55 Å². The van der Waals surface area contributed by atoms with Crippen molar-refractivity contribution >= 4 is 35.6 Å². The lowest BCUT2D eigenvalue weighted by Crippen LogP contribution is -2.30. The van der Waals surface area contributed by atoms with Crippen molar-refractivity contribution in [3.05, 3.63) is 10.4 Å². The van der Waals surface area contributed by atoms with Gasteiger partial charge in [0.05, 0.1) is 12.7 Å². The van der Waals surface area contributed by atoms with Crippen molar-refractivity contribution < 1.29 is 19.7 Å². The van der Waals surface area contributed by atoms with Crippen LogP contribution in [0.3, 0.4) is 0 Å². The standard InChI is InChI=1S/C26H43N5O5S/c1-2-3-4-5-6-7-8-9-10-11-12-13-14-15-20(34)30-24(35)22-23(29-25(30)27)31(26(37)28-22)21-16-18(33)19(17-32)36-21/h18-19,21,32-33H,2-17H2,1H3,(H2,27,29)(H,28,37)/t18-,19+,21+/m0/s1. The largest absolute Gasteiger partial charge is 0.394 e. The minimum Gasteiger partial charge on any atom is -0.394 e. The first kappa shape index (κ1) is 29.6. The van der Waals surface area contributed by atoms with Crippen molar-refractivity contribution in [2.75, 3.05) is 12.3 Å². The molecule has 0 bridgehead atoms. The van der Waals surface area contributed by atoms with Gasteiger partial charge in [-0.15, -0.1) is 12.6 Å². The maximum absolute atomic E-state index is 13.1. The van der Waals surface area contributed by atoms with Gasteiger partial charge in [-0.2, -0.15) is 4.98 Å². The van der Waals surface area contributed by atoms with Crippen LogP contribution in [0.5, 0.6) is 0 Å². The molecule has 1 aliphatic rings. The number of aliphatic hydroxyl groups excluding tert-OH is 2. The van der Waals surface area contributed by atoms with Crippen molar-refractivity contribution in [3.8, 4) is 0 Å². The lowest BCUT2D eigenvalue weighted by molar-refractivity contribution is -0.0457. The number of carbonyl (C=O) groups excluding carboxylic acids is 1. The predicted molar refractivity (Wildman–Crippen MR) is 146 cm³/mol. The summed E-state index contributed by atoms with van der Waals surface area (Å²) in [6.45, 7) is 1.90. The average Bonchev–Trinajstić information content (AvgIpc) is 3.40. The molecule has 3 heterocycles. The minimum absolute atomic E-state index is 0.0385. The lowest BCUT2D eigenvalue weighted by Gasteiger charge is -2.15. The van der Waals surface area contributed by atoms with E-state index in [0.717, 1.165) is 23.8 Å². The van der Waals surface area contributed by atoms with Crippen molar-refractivity contribution in [3.63, 3.8) is 0 Å². The van der Waals surface area contributed by atoms with Gasteiger partial charge < -0.3 is 20.7 Å². The van der Waals surface area contributed by atoms with Gasteiger partial charge in [0.25, 0.3) is 5.56 Å². The number of ether oxygens (including phenoxy) is 1. The number of hydrogen-bond donors (Lipinski definition) is 4. The molecule has 1 aliphatic heterocycles. The fourth-order valence-electron chi connectivity index (χ4n) is 4.98. The van der Waals surface area contributed by atoms with Gasteiger partial charge in [-0.05, 0) is 6.42 Å². The third-order valence-corrected chi connectivity index (χ3v) is 7.45. The van der Waals surface area contributed by atoms with E-state index < -0.39 is 29.9 Å². The molecule has 0 spiro atoms. The molecule has 3 atom stereocenters. The minimum atomic E-state index is -0.875. The summed E-state index contributed by atoms with van der Waals surface area (Å²) in [6, 6.07) is 0. The van der Waals surface area contributed by atoms with Crippen molar-refractivity contribution in [2.24, 2.45) is 0 Å². The molecular formula is C26H43N5O5S. The van der Waals surface area contributed by atoms with Crippen molar-refractivity contribution in [1.29, 1.82) is 0 Å². The van der Waals surface area contributed by atoms with Crippen LogP contribution in [0.2, 0.25) is 0 Å². The van der Waals surface area contributed by atoms with Crippen LogP contribution in [0.25, 0.3) is 11.2 Å². The summed E-state index contributed by atoms with van der Waals surface area (Å²) >= 11 is 4.33. The Bertz CT molecular complexity index is 1070. The van der Waals surface area contributed by atoms with E-state index in [2.05, 4.69) is 29.5 Å². The average molecular weight is 538 g/mol. The molecule has 0 aliphatic carbocycles. The second-order valence-electron chi connectivity index (χ2n) is 10.1. The van der Waals surface area contributed by atoms with Crippen LogP contribution in [0.4, 0.5) is 5.95 Å². The number of carbonyl (C=O) groups is 1. The highest BCUT2D eigenvalue weighted by atomic mass is 32.1. The number of nitrogens with zero attached hydrogens (tertiary/aromatic N) is 4. The molecule has 0 aromatic carbocycles. The number of anilines is 1. The van der Waals surface area contributed by atoms with E-state index in [1.165, 1.54) is 62.4 Å². The molecule has 0 radical (unpaired) electrons. The quantitative estimate of drug-likeness (QED) is 0.184. The lowest BCUT2D eigenvalue weighted by atomic mass is 10.0. The highest BCUT2D eigenvalue weighted by molar-refractivity contribution is 7.80. The monoisotopic (exact) mass is 537 g/mol. The van der Waals surface area contributed by atoms with E-state index in [1.54, 1.807) is 0 Å². The summed E-state index contributed by atoms with van der Waals surface area (Å²) < 4.78 is 8.00. The smallest absolute Gasteiger partial charge is 0.290 e. The zero-order valence-corrected chi connectivity index (χ0v) is 22.9. The third kappa shape index (κ3) is 7.78. The Balaban J connectivity index is 1.47. The molecule has 37 heavy (non-hydrogen) atoms. The number of fused-ring (bicyclic) bond motifs is 1. The summed E-state index contributed by atoms with van der Waals surface area (Å²) in [5.41, 5.74) is 5.47. The fourth-order valence-corrected chi connectivity index (χ4v) is 5.30. The number of thiol groups is 1. The molecule has 11 heteroatoms. The normalized spacial score (nSPS) is 19.7. The van der Waals surface area contributed by atoms with Crippen LogP contribution in [0.15, 0.2) is 9.95 Å². The Morgan fingerprint density at radius 2 is 1.59 bits per heavy atom. The Morgan fingerprint density at radius 3 is 2.14 bits per heavy atom. The second kappa shape index (κ2) is 14.8. The molecule has 2 aromatic heterocycles. The van der Waals surface area contributed by atoms with Crippen LogP contribution >= 0.6 is 12.6 Å². The molecule has 0 saturated carbocycles. The van der Waals surface area contributed by atoms with Crippen molar-refractivity contribution in [1.82, 2.24) is 19.1 Å². The molecule has 3 rings (SSSR count). The molecule has 2 aromatic rings. The van der Waals surface area contributed by atoms with Crippen molar-refractivity contribution in [2.45, 2.75) is 127 Å². The maximum Gasteiger partial charge on any atom is 0.290 e. The first-order valence-electron chi connectivity index (χ1n) is 13.9.